The molecule has 0 aromatic heterocycles. The number of amides is 1. The highest BCUT2D eigenvalue weighted by Gasteiger charge is 2.02. The summed E-state index contributed by atoms with van der Waals surface area (Å²) < 4.78 is 4.99. The van der Waals surface area contributed by atoms with Crippen LogP contribution >= 0.6 is 0 Å². The molecule has 0 aliphatic carbocycles. The number of rotatable bonds is 10. The highest BCUT2D eigenvalue weighted by Crippen LogP contribution is 1.86. The predicted molar refractivity (Wildman–Crippen MR) is 70.1 cm³/mol. The Morgan fingerprint density at radius 2 is 2.06 bits per heavy atom. The van der Waals surface area contributed by atoms with Crippen molar-refractivity contribution < 1.29 is 9.53 Å². The van der Waals surface area contributed by atoms with E-state index < -0.39 is 0 Å². The largest absolute Gasteiger partial charge is 0.383 e. The minimum absolute atomic E-state index is 0.0678. The van der Waals surface area contributed by atoms with E-state index >= 15 is 0 Å². The van der Waals surface area contributed by atoms with Crippen molar-refractivity contribution in [2.75, 3.05) is 53.5 Å². The van der Waals surface area contributed by atoms with Gasteiger partial charge >= 0.3 is 0 Å². The average molecular weight is 245 g/mol. The van der Waals surface area contributed by atoms with E-state index in [2.05, 4.69) is 29.4 Å². The van der Waals surface area contributed by atoms with Crippen LogP contribution in [-0.4, -0.2) is 64.3 Å². The Bertz CT molecular complexity index is 198. The summed E-state index contributed by atoms with van der Waals surface area (Å²) in [4.78, 5) is 13.5. The van der Waals surface area contributed by atoms with Gasteiger partial charge in [-0.2, -0.15) is 0 Å². The van der Waals surface area contributed by atoms with E-state index in [0.29, 0.717) is 12.5 Å². The van der Waals surface area contributed by atoms with Crippen LogP contribution in [0.1, 0.15) is 13.8 Å². The number of methoxy groups -OCH3 is 1. The second kappa shape index (κ2) is 10.5. The number of ether oxygens (including phenoxy) is 1. The summed E-state index contributed by atoms with van der Waals surface area (Å²) in [6, 6.07) is 0. The number of nitrogens with one attached hydrogen (secondary N) is 2. The first kappa shape index (κ1) is 16.4. The Balaban J connectivity index is 3.35. The van der Waals surface area contributed by atoms with Gasteiger partial charge in [-0.15, -0.1) is 0 Å². The van der Waals surface area contributed by atoms with Crippen molar-refractivity contribution in [1.29, 1.82) is 0 Å². The van der Waals surface area contributed by atoms with Gasteiger partial charge in [0.1, 0.15) is 0 Å². The summed E-state index contributed by atoms with van der Waals surface area (Å²) in [5, 5.41) is 5.99. The quantitative estimate of drug-likeness (QED) is 0.529. The molecule has 0 aliphatic heterocycles. The zero-order valence-electron chi connectivity index (χ0n) is 11.6. The van der Waals surface area contributed by atoms with E-state index in [-0.39, 0.29) is 5.91 Å². The summed E-state index contributed by atoms with van der Waals surface area (Å²) >= 11 is 0. The Hall–Kier alpha value is -0.650. The SMILES string of the molecule is COCCN(C)CCNCC(=O)NCC(C)C. The lowest BCUT2D eigenvalue weighted by atomic mass is 10.2. The van der Waals surface area contributed by atoms with Crippen LogP contribution < -0.4 is 10.6 Å². The highest BCUT2D eigenvalue weighted by atomic mass is 16.5. The molecule has 5 nitrogen and oxygen atoms in total. The van der Waals surface area contributed by atoms with E-state index in [9.17, 15) is 4.79 Å². The molecule has 0 aromatic rings. The Morgan fingerprint density at radius 3 is 2.65 bits per heavy atom. The summed E-state index contributed by atoms with van der Waals surface area (Å²) in [5.41, 5.74) is 0. The molecule has 0 bridgehead atoms. The van der Waals surface area contributed by atoms with Gasteiger partial charge in [-0.1, -0.05) is 13.8 Å². The van der Waals surface area contributed by atoms with Crippen molar-refractivity contribution in [1.82, 2.24) is 15.5 Å². The molecule has 0 aliphatic rings. The van der Waals surface area contributed by atoms with Gasteiger partial charge in [0.15, 0.2) is 0 Å². The Kier molecular flexibility index (Phi) is 10.1. The van der Waals surface area contributed by atoms with Crippen LogP contribution in [0.2, 0.25) is 0 Å². The van der Waals surface area contributed by atoms with Crippen LogP contribution in [0.15, 0.2) is 0 Å². The van der Waals surface area contributed by atoms with Crippen molar-refractivity contribution in [3.05, 3.63) is 0 Å². The second-order valence-electron chi connectivity index (χ2n) is 4.67. The van der Waals surface area contributed by atoms with Crippen molar-refractivity contribution in [3.63, 3.8) is 0 Å². The van der Waals surface area contributed by atoms with Gasteiger partial charge in [0.2, 0.25) is 5.91 Å². The van der Waals surface area contributed by atoms with Gasteiger partial charge < -0.3 is 20.3 Å². The van der Waals surface area contributed by atoms with E-state index in [0.717, 1.165) is 32.8 Å². The van der Waals surface area contributed by atoms with Crippen LogP contribution in [0, 0.1) is 5.92 Å². The zero-order chi connectivity index (χ0) is 13.1. The Labute approximate surface area is 105 Å². The molecule has 0 heterocycles. The van der Waals surface area contributed by atoms with Gasteiger partial charge in [-0.05, 0) is 13.0 Å². The predicted octanol–water partition coefficient (Wildman–Crippen LogP) is -0.0736. The standard InChI is InChI=1S/C12H27N3O2/c1-11(2)9-14-12(16)10-13-5-6-15(3)7-8-17-4/h11,13H,5-10H2,1-4H3,(H,14,16). The maximum absolute atomic E-state index is 11.4. The molecule has 0 saturated carbocycles. The summed E-state index contributed by atoms with van der Waals surface area (Å²) in [7, 11) is 3.74. The van der Waals surface area contributed by atoms with Gasteiger partial charge in [-0.25, -0.2) is 0 Å². The first-order valence-electron chi connectivity index (χ1n) is 6.21. The van der Waals surface area contributed by atoms with Gasteiger partial charge in [0, 0.05) is 33.3 Å². The monoisotopic (exact) mass is 245 g/mol. The maximum atomic E-state index is 11.4. The van der Waals surface area contributed by atoms with E-state index in [1.54, 1.807) is 7.11 Å². The van der Waals surface area contributed by atoms with E-state index in [4.69, 9.17) is 4.74 Å². The fourth-order valence-corrected chi connectivity index (χ4v) is 1.21. The van der Waals surface area contributed by atoms with Crippen LogP contribution in [-0.2, 0) is 9.53 Å². The molecule has 17 heavy (non-hydrogen) atoms. The third kappa shape index (κ3) is 11.6. The smallest absolute Gasteiger partial charge is 0.233 e. The van der Waals surface area contributed by atoms with Gasteiger partial charge in [-0.3, -0.25) is 4.79 Å². The fourth-order valence-electron chi connectivity index (χ4n) is 1.21. The molecule has 1 amide bonds. The number of hydrogen-bond donors (Lipinski definition) is 2. The minimum atomic E-state index is 0.0678. The second-order valence-corrected chi connectivity index (χ2v) is 4.67. The summed E-state index contributed by atoms with van der Waals surface area (Å²) in [5.74, 6) is 0.567. The molecule has 0 aromatic carbocycles. The lowest BCUT2D eigenvalue weighted by Gasteiger charge is -2.16. The van der Waals surface area contributed by atoms with Crippen LogP contribution in [0.25, 0.3) is 0 Å². The molecule has 102 valence electrons. The molecular formula is C12H27N3O2. The number of hydrogen-bond acceptors (Lipinski definition) is 4. The normalized spacial score (nSPS) is 11.2. The number of carbonyl (C=O) groups is 1. The molecule has 2 N–H and O–H groups in total. The van der Waals surface area contributed by atoms with E-state index in [1.807, 2.05) is 7.05 Å². The topological polar surface area (TPSA) is 53.6 Å². The van der Waals surface area contributed by atoms with Gasteiger partial charge in [0.05, 0.1) is 13.2 Å². The average Bonchev–Trinajstić information content (AvgIpc) is 2.29. The molecule has 0 unspecified atom stereocenters. The maximum Gasteiger partial charge on any atom is 0.233 e. The molecular weight excluding hydrogens is 218 g/mol. The van der Waals surface area contributed by atoms with Crippen molar-refractivity contribution in [3.8, 4) is 0 Å². The molecule has 0 saturated heterocycles. The molecule has 0 radical (unpaired) electrons. The highest BCUT2D eigenvalue weighted by molar-refractivity contribution is 5.77. The van der Waals surface area contributed by atoms with Crippen LogP contribution in [0.5, 0.6) is 0 Å². The lowest BCUT2D eigenvalue weighted by molar-refractivity contribution is -0.120. The first-order chi connectivity index (χ1) is 8.06. The van der Waals surface area contributed by atoms with Crippen molar-refractivity contribution >= 4 is 5.91 Å². The summed E-state index contributed by atoms with van der Waals surface area (Å²) in [6.07, 6.45) is 0. The molecule has 0 rings (SSSR count). The number of carbonyl (C=O) groups excluding carboxylic acids is 1. The minimum Gasteiger partial charge on any atom is -0.383 e. The Morgan fingerprint density at radius 1 is 1.35 bits per heavy atom. The van der Waals surface area contributed by atoms with Crippen LogP contribution in [0.4, 0.5) is 0 Å². The number of nitrogens with zero attached hydrogens (tertiary/aromatic N) is 1. The fraction of sp³-hybridized carbons (Fsp3) is 0.917. The molecule has 0 spiro atoms. The zero-order valence-corrected chi connectivity index (χ0v) is 11.6. The third-order valence-electron chi connectivity index (χ3n) is 2.34. The van der Waals surface area contributed by atoms with Crippen LogP contribution in [0.3, 0.4) is 0 Å². The number of likely N-dealkylation sites (N-methyl/N-ethyl adjacent to an activating group) is 1. The van der Waals surface area contributed by atoms with Crippen molar-refractivity contribution in [2.24, 2.45) is 5.92 Å². The van der Waals surface area contributed by atoms with Crippen molar-refractivity contribution in [2.45, 2.75) is 13.8 Å². The summed E-state index contributed by atoms with van der Waals surface area (Å²) in [6.45, 7) is 8.69. The molecule has 0 atom stereocenters. The van der Waals surface area contributed by atoms with E-state index in [1.165, 1.54) is 0 Å². The molecule has 5 heteroatoms. The lowest BCUT2D eigenvalue weighted by Crippen LogP contribution is -2.38. The van der Waals surface area contributed by atoms with Gasteiger partial charge in [0.25, 0.3) is 0 Å². The molecule has 0 fully saturated rings. The first-order valence-corrected chi connectivity index (χ1v) is 6.21. The third-order valence-corrected chi connectivity index (χ3v) is 2.34.